The predicted molar refractivity (Wildman–Crippen MR) is 144 cm³/mol. The minimum atomic E-state index is -4.75. The summed E-state index contributed by atoms with van der Waals surface area (Å²) in [6, 6.07) is 14.6. The van der Waals surface area contributed by atoms with Crippen LogP contribution in [0.5, 0.6) is 5.75 Å². The molecule has 1 atom stereocenters. The average Bonchev–Trinajstić information content (AvgIpc) is 3.31. The number of rotatable bonds is 10. The molecule has 2 N–H and O–H groups in total. The van der Waals surface area contributed by atoms with Crippen molar-refractivity contribution < 1.29 is 37.0 Å². The highest BCUT2D eigenvalue weighted by Gasteiger charge is 2.31. The third-order valence-corrected chi connectivity index (χ3v) is 7.25. The summed E-state index contributed by atoms with van der Waals surface area (Å²) in [4.78, 5) is 24.9. The van der Waals surface area contributed by atoms with E-state index in [1.807, 2.05) is 25.1 Å². The Hall–Kier alpha value is -3.95. The minimum absolute atomic E-state index is 0.0644. The third-order valence-electron chi connectivity index (χ3n) is 7.25. The molecule has 0 aliphatic heterocycles. The number of furan rings is 1. The zero-order valence-corrected chi connectivity index (χ0v) is 22.5. The molecule has 0 radical (unpaired) electrons. The quantitative estimate of drug-likeness (QED) is 0.269. The monoisotopic (exact) mass is 558 g/mol. The van der Waals surface area contributed by atoms with E-state index in [-0.39, 0.29) is 30.7 Å². The van der Waals surface area contributed by atoms with Crippen LogP contribution in [0.15, 0.2) is 59.0 Å². The number of carboxylic acids is 1. The molecule has 1 fully saturated rings. The van der Waals surface area contributed by atoms with Crippen LogP contribution < -0.4 is 10.1 Å². The van der Waals surface area contributed by atoms with Crippen molar-refractivity contribution in [3.63, 3.8) is 0 Å². The molecule has 7 nitrogen and oxygen atoms in total. The number of ether oxygens (including phenoxy) is 1. The van der Waals surface area contributed by atoms with E-state index < -0.39 is 12.3 Å². The first-order valence-corrected chi connectivity index (χ1v) is 13.3. The van der Waals surface area contributed by atoms with Gasteiger partial charge in [0.1, 0.15) is 17.3 Å². The van der Waals surface area contributed by atoms with E-state index in [9.17, 15) is 22.8 Å². The Morgan fingerprint density at radius 1 is 1.07 bits per heavy atom. The van der Waals surface area contributed by atoms with Gasteiger partial charge in [0, 0.05) is 36.0 Å². The molecule has 1 saturated carbocycles. The van der Waals surface area contributed by atoms with E-state index in [2.05, 4.69) is 10.1 Å². The highest BCUT2D eigenvalue weighted by Crippen LogP contribution is 2.40. The van der Waals surface area contributed by atoms with E-state index >= 15 is 0 Å². The summed E-state index contributed by atoms with van der Waals surface area (Å²) in [7, 11) is 1.58. The van der Waals surface area contributed by atoms with Crippen LogP contribution in [0.1, 0.15) is 66.2 Å². The number of benzene rings is 2. The molecule has 2 aromatic carbocycles. The van der Waals surface area contributed by atoms with Crippen molar-refractivity contribution in [2.24, 2.45) is 5.92 Å². The normalized spacial score (nSPS) is 14.9. The van der Waals surface area contributed by atoms with Crippen molar-refractivity contribution in [2.75, 3.05) is 18.9 Å². The lowest BCUT2D eigenvalue weighted by Gasteiger charge is -2.31. The van der Waals surface area contributed by atoms with Gasteiger partial charge >= 0.3 is 12.3 Å². The van der Waals surface area contributed by atoms with E-state index in [0.717, 1.165) is 42.7 Å². The van der Waals surface area contributed by atoms with Crippen molar-refractivity contribution in [1.29, 1.82) is 0 Å². The SMILES string of the molecule is Cc1oc(-c2ccc(OC(F)(F)F)cc2)cc1C(Nc1ccc(C(=O)N(C)CCC(=O)O)cc1)C1CCCCC1. The van der Waals surface area contributed by atoms with Crippen LogP contribution in [0, 0.1) is 12.8 Å². The smallest absolute Gasteiger partial charge is 0.481 e. The van der Waals surface area contributed by atoms with Crippen LogP contribution in [-0.2, 0) is 4.79 Å². The molecule has 0 bridgehead atoms. The lowest BCUT2D eigenvalue weighted by atomic mass is 9.81. The van der Waals surface area contributed by atoms with Gasteiger partial charge in [0.2, 0.25) is 0 Å². The fraction of sp³-hybridized carbons (Fsp3) is 0.400. The summed E-state index contributed by atoms with van der Waals surface area (Å²) in [5.74, 6) is 0.122. The van der Waals surface area contributed by atoms with E-state index in [1.54, 1.807) is 19.2 Å². The van der Waals surface area contributed by atoms with Gasteiger partial charge in [-0.3, -0.25) is 9.59 Å². The van der Waals surface area contributed by atoms with Crippen LogP contribution in [0.4, 0.5) is 18.9 Å². The van der Waals surface area contributed by atoms with Gasteiger partial charge < -0.3 is 24.5 Å². The summed E-state index contributed by atoms with van der Waals surface area (Å²) < 4.78 is 47.7. The van der Waals surface area contributed by atoms with Gasteiger partial charge in [0.25, 0.3) is 5.91 Å². The summed E-state index contributed by atoms with van der Waals surface area (Å²) in [5.41, 5.74) is 2.91. The molecule has 1 heterocycles. The molecule has 0 saturated heterocycles. The lowest BCUT2D eigenvalue weighted by molar-refractivity contribution is -0.274. The first kappa shape index (κ1) is 29.0. The summed E-state index contributed by atoms with van der Waals surface area (Å²) in [6.45, 7) is 2.00. The molecule has 10 heteroatoms. The number of anilines is 1. The first-order valence-electron chi connectivity index (χ1n) is 13.3. The molecule has 1 aromatic heterocycles. The second kappa shape index (κ2) is 12.5. The largest absolute Gasteiger partial charge is 0.573 e. The van der Waals surface area contributed by atoms with Crippen molar-refractivity contribution in [3.8, 4) is 17.1 Å². The summed E-state index contributed by atoms with van der Waals surface area (Å²) >= 11 is 0. The number of aryl methyl sites for hydroxylation is 1. The lowest BCUT2D eigenvalue weighted by Crippen LogP contribution is -2.29. The van der Waals surface area contributed by atoms with Gasteiger partial charge in [0.15, 0.2) is 0 Å². The van der Waals surface area contributed by atoms with Crippen molar-refractivity contribution in [3.05, 3.63) is 71.5 Å². The Morgan fingerprint density at radius 2 is 1.73 bits per heavy atom. The van der Waals surface area contributed by atoms with Crippen molar-refractivity contribution >= 4 is 17.6 Å². The molecule has 1 aliphatic rings. The van der Waals surface area contributed by atoms with Crippen molar-refractivity contribution in [1.82, 2.24) is 4.90 Å². The maximum atomic E-state index is 12.7. The number of halogens is 3. The molecular formula is C30H33F3N2O5. The highest BCUT2D eigenvalue weighted by atomic mass is 19.4. The van der Waals surface area contributed by atoms with Gasteiger partial charge in [0.05, 0.1) is 12.5 Å². The summed E-state index contributed by atoms with van der Waals surface area (Å²) in [5, 5.41) is 12.5. The number of carbonyl (C=O) groups is 2. The fourth-order valence-corrected chi connectivity index (χ4v) is 5.16. The van der Waals surface area contributed by atoms with Crippen LogP contribution in [0.25, 0.3) is 11.3 Å². The van der Waals surface area contributed by atoms with E-state index in [1.165, 1.54) is 35.6 Å². The predicted octanol–water partition coefficient (Wildman–Crippen LogP) is 7.43. The fourth-order valence-electron chi connectivity index (χ4n) is 5.16. The number of carbonyl (C=O) groups excluding carboxylic acids is 1. The maximum absolute atomic E-state index is 12.7. The first-order chi connectivity index (χ1) is 19.0. The van der Waals surface area contributed by atoms with Gasteiger partial charge in [-0.25, -0.2) is 0 Å². The number of nitrogens with zero attached hydrogens (tertiary/aromatic N) is 1. The molecule has 3 aromatic rings. The van der Waals surface area contributed by atoms with Gasteiger partial charge in [-0.05, 0) is 80.3 Å². The van der Waals surface area contributed by atoms with Crippen LogP contribution >= 0.6 is 0 Å². The number of nitrogens with one attached hydrogen (secondary N) is 1. The number of alkyl halides is 3. The summed E-state index contributed by atoms with van der Waals surface area (Å²) in [6.07, 6.45) is 0.668. The van der Waals surface area contributed by atoms with Gasteiger partial charge in [-0.2, -0.15) is 0 Å². The zero-order chi connectivity index (χ0) is 28.9. The Bertz CT molecular complexity index is 1300. The second-order valence-corrected chi connectivity index (χ2v) is 10.2. The Balaban J connectivity index is 1.54. The molecule has 40 heavy (non-hydrogen) atoms. The van der Waals surface area contributed by atoms with E-state index in [4.69, 9.17) is 9.52 Å². The van der Waals surface area contributed by atoms with Crippen LogP contribution in [0.2, 0.25) is 0 Å². The highest BCUT2D eigenvalue weighted by molar-refractivity contribution is 5.94. The van der Waals surface area contributed by atoms with Crippen LogP contribution in [-0.4, -0.2) is 41.8 Å². The number of hydrogen-bond donors (Lipinski definition) is 2. The maximum Gasteiger partial charge on any atom is 0.573 e. The Kier molecular flexibility index (Phi) is 9.07. The molecular weight excluding hydrogens is 525 g/mol. The molecule has 0 spiro atoms. The van der Waals surface area contributed by atoms with Gasteiger partial charge in [-0.1, -0.05) is 19.3 Å². The average molecular weight is 559 g/mol. The zero-order valence-electron chi connectivity index (χ0n) is 22.5. The Labute approximate surface area is 230 Å². The molecule has 214 valence electrons. The number of hydrogen-bond acceptors (Lipinski definition) is 5. The Morgan fingerprint density at radius 3 is 2.33 bits per heavy atom. The number of aliphatic carboxylic acids is 1. The molecule has 1 unspecified atom stereocenters. The standard InChI is InChI=1S/C30H33F3N2O5/c1-19-25(18-26(39-19)20-10-14-24(15-11-20)40-30(31,32)33)28(21-6-4-3-5-7-21)34-23-12-8-22(9-13-23)29(38)35(2)17-16-27(36)37/h8-15,18,21,28,34H,3-7,16-17H2,1-2H3,(H,36,37). The number of carboxylic acid groups (broad SMARTS) is 1. The second-order valence-electron chi connectivity index (χ2n) is 10.2. The topological polar surface area (TPSA) is 92.0 Å². The molecule has 1 amide bonds. The van der Waals surface area contributed by atoms with Crippen molar-refractivity contribution in [2.45, 2.75) is 57.9 Å². The third kappa shape index (κ3) is 7.58. The number of amides is 1. The minimum Gasteiger partial charge on any atom is -0.481 e. The molecule has 4 rings (SSSR count). The van der Waals surface area contributed by atoms with Crippen LogP contribution in [0.3, 0.4) is 0 Å². The molecule has 1 aliphatic carbocycles. The van der Waals surface area contributed by atoms with E-state index in [0.29, 0.717) is 22.8 Å². The van der Waals surface area contributed by atoms with Gasteiger partial charge in [-0.15, -0.1) is 13.2 Å².